The molecule has 0 unspecified atom stereocenters. The normalized spacial score (nSPS) is 11.2. The molecule has 1 aromatic heterocycles. The summed E-state index contributed by atoms with van der Waals surface area (Å²) in [6, 6.07) is 9.85. The first kappa shape index (κ1) is 8.91. The third-order valence-corrected chi connectivity index (χ3v) is 2.92. The average Bonchev–Trinajstić information content (AvgIpc) is 2.65. The van der Waals surface area contributed by atoms with Gasteiger partial charge in [0.2, 0.25) is 0 Å². The van der Waals surface area contributed by atoms with Gasteiger partial charge in [0.15, 0.2) is 0 Å². The molecule has 0 fully saturated rings. The predicted molar refractivity (Wildman–Crippen MR) is 69.0 cm³/mol. The summed E-state index contributed by atoms with van der Waals surface area (Å²) in [7, 11) is 0. The molecule has 0 saturated carbocycles. The molecule has 0 aliphatic rings. The van der Waals surface area contributed by atoms with Crippen molar-refractivity contribution in [3.05, 3.63) is 30.3 Å². The van der Waals surface area contributed by atoms with Gasteiger partial charge < -0.3 is 22.2 Å². The smallest absolute Gasteiger partial charge is 0.0814 e. The molecular formula is C12H12N4. The van der Waals surface area contributed by atoms with Gasteiger partial charge in [-0.1, -0.05) is 18.2 Å². The van der Waals surface area contributed by atoms with Crippen LogP contribution in [0.15, 0.2) is 30.3 Å². The van der Waals surface area contributed by atoms with E-state index in [-0.39, 0.29) is 0 Å². The molecule has 1 heterocycles. The topological polar surface area (TPSA) is 93.8 Å². The van der Waals surface area contributed by atoms with Crippen LogP contribution in [-0.2, 0) is 0 Å². The number of hydrogen-bond acceptors (Lipinski definition) is 3. The Labute approximate surface area is 92.0 Å². The number of para-hydroxylation sites is 1. The third-order valence-electron chi connectivity index (χ3n) is 2.92. The Hall–Kier alpha value is -2.36. The molecule has 0 bridgehead atoms. The van der Waals surface area contributed by atoms with Crippen LogP contribution in [0.5, 0.6) is 0 Å². The summed E-state index contributed by atoms with van der Waals surface area (Å²) in [5.74, 6) is 0. The number of nitrogens with two attached hydrogens (primary N) is 3. The summed E-state index contributed by atoms with van der Waals surface area (Å²) in [6.07, 6.45) is 0. The Morgan fingerprint density at radius 3 is 2.44 bits per heavy atom. The maximum atomic E-state index is 5.95. The SMILES string of the molecule is Nc1cc2c([nH]c3ccccc32)c(N)c1N. The molecule has 0 radical (unpaired) electrons. The lowest BCUT2D eigenvalue weighted by Gasteiger charge is -2.05. The standard InChI is InChI=1S/C12H12N4/c13-8-5-7-6-3-1-2-4-9(6)16-12(7)11(15)10(8)14/h1-5,16H,13-15H2. The highest BCUT2D eigenvalue weighted by atomic mass is 14.8. The van der Waals surface area contributed by atoms with Crippen molar-refractivity contribution in [2.75, 3.05) is 17.2 Å². The Morgan fingerprint density at radius 2 is 1.62 bits per heavy atom. The first-order chi connectivity index (χ1) is 7.68. The second kappa shape index (κ2) is 2.82. The Balaban J connectivity index is 2.60. The molecular weight excluding hydrogens is 200 g/mol. The van der Waals surface area contributed by atoms with Crippen molar-refractivity contribution in [2.45, 2.75) is 0 Å². The van der Waals surface area contributed by atoms with Crippen LogP contribution in [0, 0.1) is 0 Å². The summed E-state index contributed by atoms with van der Waals surface area (Å²) >= 11 is 0. The zero-order valence-corrected chi connectivity index (χ0v) is 8.62. The van der Waals surface area contributed by atoms with Gasteiger partial charge in [0.05, 0.1) is 22.6 Å². The molecule has 3 aromatic rings. The Morgan fingerprint density at radius 1 is 0.875 bits per heavy atom. The molecule has 80 valence electrons. The predicted octanol–water partition coefficient (Wildman–Crippen LogP) is 2.07. The summed E-state index contributed by atoms with van der Waals surface area (Å²) in [6.45, 7) is 0. The van der Waals surface area contributed by atoms with Crippen LogP contribution in [0.1, 0.15) is 0 Å². The van der Waals surface area contributed by atoms with Gasteiger partial charge >= 0.3 is 0 Å². The van der Waals surface area contributed by atoms with Crippen LogP contribution in [0.25, 0.3) is 21.8 Å². The highest BCUT2D eigenvalue weighted by Crippen LogP contribution is 2.35. The number of aromatic nitrogens is 1. The molecule has 4 nitrogen and oxygen atoms in total. The van der Waals surface area contributed by atoms with E-state index in [1.165, 1.54) is 0 Å². The number of rotatable bonds is 0. The van der Waals surface area contributed by atoms with Crippen LogP contribution in [0.4, 0.5) is 17.1 Å². The highest BCUT2D eigenvalue weighted by Gasteiger charge is 2.10. The molecule has 0 aliphatic carbocycles. The van der Waals surface area contributed by atoms with E-state index in [1.54, 1.807) is 0 Å². The van der Waals surface area contributed by atoms with Crippen LogP contribution < -0.4 is 17.2 Å². The van der Waals surface area contributed by atoms with Crippen molar-refractivity contribution in [2.24, 2.45) is 0 Å². The first-order valence-electron chi connectivity index (χ1n) is 5.02. The largest absolute Gasteiger partial charge is 0.397 e. The zero-order chi connectivity index (χ0) is 11.3. The monoisotopic (exact) mass is 212 g/mol. The van der Waals surface area contributed by atoms with Gasteiger partial charge in [0.1, 0.15) is 0 Å². The minimum Gasteiger partial charge on any atom is -0.397 e. The van der Waals surface area contributed by atoms with Crippen molar-refractivity contribution in [1.29, 1.82) is 0 Å². The highest BCUT2D eigenvalue weighted by molar-refractivity contribution is 6.14. The molecule has 0 aliphatic heterocycles. The van der Waals surface area contributed by atoms with E-state index in [0.717, 1.165) is 21.8 Å². The van der Waals surface area contributed by atoms with Crippen molar-refractivity contribution in [1.82, 2.24) is 4.98 Å². The fourth-order valence-corrected chi connectivity index (χ4v) is 2.05. The van der Waals surface area contributed by atoms with Crippen LogP contribution in [-0.4, -0.2) is 4.98 Å². The number of fused-ring (bicyclic) bond motifs is 3. The third kappa shape index (κ3) is 0.982. The quantitative estimate of drug-likeness (QED) is 0.430. The molecule has 16 heavy (non-hydrogen) atoms. The maximum Gasteiger partial charge on any atom is 0.0814 e. The average molecular weight is 212 g/mol. The van der Waals surface area contributed by atoms with E-state index in [0.29, 0.717) is 17.1 Å². The lowest BCUT2D eigenvalue weighted by Crippen LogP contribution is -2.00. The van der Waals surface area contributed by atoms with Gasteiger partial charge in [-0.25, -0.2) is 0 Å². The number of anilines is 3. The molecule has 3 rings (SSSR count). The van der Waals surface area contributed by atoms with Crippen molar-refractivity contribution in [3.63, 3.8) is 0 Å². The van der Waals surface area contributed by atoms with Crippen LogP contribution >= 0.6 is 0 Å². The molecule has 0 spiro atoms. The van der Waals surface area contributed by atoms with Gasteiger partial charge in [-0.15, -0.1) is 0 Å². The van der Waals surface area contributed by atoms with Crippen LogP contribution in [0.3, 0.4) is 0 Å². The molecule has 4 heteroatoms. The molecule has 2 aromatic carbocycles. The van der Waals surface area contributed by atoms with Gasteiger partial charge in [-0.05, 0) is 12.1 Å². The van der Waals surface area contributed by atoms with E-state index in [9.17, 15) is 0 Å². The van der Waals surface area contributed by atoms with E-state index in [4.69, 9.17) is 17.2 Å². The second-order valence-corrected chi connectivity index (χ2v) is 3.89. The number of benzene rings is 2. The van der Waals surface area contributed by atoms with Crippen LogP contribution in [0.2, 0.25) is 0 Å². The summed E-state index contributed by atoms with van der Waals surface area (Å²) in [5.41, 5.74) is 20.9. The molecule has 0 atom stereocenters. The molecule has 7 N–H and O–H groups in total. The number of nitrogen functional groups attached to an aromatic ring is 3. The second-order valence-electron chi connectivity index (χ2n) is 3.89. The minimum atomic E-state index is 0.444. The van der Waals surface area contributed by atoms with E-state index < -0.39 is 0 Å². The number of H-pyrrole nitrogens is 1. The van der Waals surface area contributed by atoms with E-state index >= 15 is 0 Å². The lowest BCUT2D eigenvalue weighted by molar-refractivity contribution is 1.54. The van der Waals surface area contributed by atoms with Gasteiger partial charge in [0.25, 0.3) is 0 Å². The Bertz CT molecular complexity index is 697. The van der Waals surface area contributed by atoms with Gasteiger partial charge in [-0.2, -0.15) is 0 Å². The fourth-order valence-electron chi connectivity index (χ4n) is 2.05. The summed E-state index contributed by atoms with van der Waals surface area (Å²) < 4.78 is 0. The molecule has 0 saturated heterocycles. The number of nitrogens with one attached hydrogen (secondary N) is 1. The zero-order valence-electron chi connectivity index (χ0n) is 8.62. The minimum absolute atomic E-state index is 0.444. The molecule has 0 amide bonds. The summed E-state index contributed by atoms with van der Waals surface area (Å²) in [5, 5.41) is 2.12. The van der Waals surface area contributed by atoms with E-state index in [1.807, 2.05) is 30.3 Å². The van der Waals surface area contributed by atoms with Gasteiger partial charge in [0, 0.05) is 16.3 Å². The maximum absolute atomic E-state index is 5.95. The van der Waals surface area contributed by atoms with E-state index in [2.05, 4.69) is 4.98 Å². The number of hydrogen-bond donors (Lipinski definition) is 4. The van der Waals surface area contributed by atoms with Crippen molar-refractivity contribution in [3.8, 4) is 0 Å². The number of aromatic amines is 1. The van der Waals surface area contributed by atoms with Gasteiger partial charge in [-0.3, -0.25) is 0 Å². The Kier molecular flexibility index (Phi) is 1.57. The van der Waals surface area contributed by atoms with Crippen molar-refractivity contribution < 1.29 is 0 Å². The van der Waals surface area contributed by atoms with Crippen molar-refractivity contribution >= 4 is 38.9 Å². The first-order valence-corrected chi connectivity index (χ1v) is 5.02. The summed E-state index contributed by atoms with van der Waals surface area (Å²) in [4.78, 5) is 3.25. The fraction of sp³-hybridized carbons (Fsp3) is 0. The lowest BCUT2D eigenvalue weighted by atomic mass is 10.1.